The molecule has 5 rings (SSSR count). The highest BCUT2D eigenvalue weighted by Gasteiger charge is 2.37. The first-order valence-electron chi connectivity index (χ1n) is 11.3. The van der Waals surface area contributed by atoms with E-state index in [0.29, 0.717) is 25.4 Å². The van der Waals surface area contributed by atoms with Gasteiger partial charge in [-0.2, -0.15) is 18.2 Å². The highest BCUT2D eigenvalue weighted by atomic mass is 19.4. The molecule has 5 nitrogen and oxygen atoms in total. The molecular formula is C27H22F3N3O2. The minimum Gasteiger partial charge on any atom is -0.341 e. The van der Waals surface area contributed by atoms with Crippen LogP contribution in [0.15, 0.2) is 89.5 Å². The Morgan fingerprint density at radius 1 is 0.943 bits per heavy atom. The summed E-state index contributed by atoms with van der Waals surface area (Å²) in [6, 6.07) is 24.7. The van der Waals surface area contributed by atoms with Crippen molar-refractivity contribution in [2.75, 3.05) is 13.1 Å². The van der Waals surface area contributed by atoms with Gasteiger partial charge in [-0.3, -0.25) is 4.79 Å². The van der Waals surface area contributed by atoms with Crippen LogP contribution in [0.2, 0.25) is 0 Å². The summed E-state index contributed by atoms with van der Waals surface area (Å²) < 4.78 is 44.3. The van der Waals surface area contributed by atoms with Gasteiger partial charge in [0.05, 0.1) is 11.5 Å². The van der Waals surface area contributed by atoms with Crippen LogP contribution in [0.5, 0.6) is 0 Å². The lowest BCUT2D eigenvalue weighted by Crippen LogP contribution is -2.48. The van der Waals surface area contributed by atoms with E-state index in [-0.39, 0.29) is 29.1 Å². The van der Waals surface area contributed by atoms with E-state index in [2.05, 4.69) is 10.1 Å². The smallest absolute Gasteiger partial charge is 0.341 e. The number of halogens is 3. The minimum atomic E-state index is -4.45. The molecule has 1 aromatic heterocycles. The van der Waals surface area contributed by atoms with Crippen molar-refractivity contribution in [3.8, 4) is 11.4 Å². The van der Waals surface area contributed by atoms with Crippen LogP contribution in [0.1, 0.15) is 40.8 Å². The van der Waals surface area contributed by atoms with E-state index in [4.69, 9.17) is 4.52 Å². The third-order valence-corrected chi connectivity index (χ3v) is 6.26. The Kier molecular flexibility index (Phi) is 6.11. The summed E-state index contributed by atoms with van der Waals surface area (Å²) >= 11 is 0. The predicted octanol–water partition coefficient (Wildman–Crippen LogP) is 5.90. The minimum absolute atomic E-state index is 0.0246. The number of amides is 1. The highest BCUT2D eigenvalue weighted by molar-refractivity contribution is 5.79. The first-order valence-corrected chi connectivity index (χ1v) is 11.3. The average molecular weight is 477 g/mol. The van der Waals surface area contributed by atoms with Gasteiger partial charge in [0.2, 0.25) is 17.6 Å². The summed E-state index contributed by atoms with van der Waals surface area (Å²) in [5.74, 6) is 0.252. The van der Waals surface area contributed by atoms with Crippen molar-refractivity contribution >= 4 is 5.91 Å². The second-order valence-corrected chi connectivity index (χ2v) is 8.61. The first kappa shape index (κ1) is 22.8. The lowest BCUT2D eigenvalue weighted by Gasteiger charge is -2.38. The number of aromatic nitrogens is 2. The number of likely N-dealkylation sites (tertiary alicyclic amines) is 1. The summed E-state index contributed by atoms with van der Waals surface area (Å²) in [6.45, 7) is 0.860. The van der Waals surface area contributed by atoms with Gasteiger partial charge >= 0.3 is 6.18 Å². The van der Waals surface area contributed by atoms with Gasteiger partial charge < -0.3 is 9.42 Å². The number of hydrogen-bond acceptors (Lipinski definition) is 4. The van der Waals surface area contributed by atoms with Crippen LogP contribution in [0.3, 0.4) is 0 Å². The second kappa shape index (κ2) is 9.37. The van der Waals surface area contributed by atoms with Crippen LogP contribution in [-0.4, -0.2) is 34.0 Å². The molecule has 0 atom stereocenters. The fourth-order valence-electron chi connectivity index (χ4n) is 4.29. The molecule has 2 heterocycles. The molecule has 4 aromatic rings. The van der Waals surface area contributed by atoms with Crippen LogP contribution in [0.25, 0.3) is 11.4 Å². The molecule has 0 N–H and O–H groups in total. The van der Waals surface area contributed by atoms with Crippen molar-refractivity contribution in [2.24, 2.45) is 0 Å². The van der Waals surface area contributed by atoms with E-state index in [1.54, 1.807) is 4.90 Å². The van der Waals surface area contributed by atoms with Gasteiger partial charge in [-0.15, -0.1) is 0 Å². The van der Waals surface area contributed by atoms with Crippen LogP contribution >= 0.6 is 0 Å². The third-order valence-electron chi connectivity index (χ3n) is 6.26. The monoisotopic (exact) mass is 477 g/mol. The SMILES string of the molecule is O=C(CC(c1ccccc1)c1ccccc1)N1CC(c2nc(-c3cccc(C(F)(F)F)c3)no2)C1. The molecule has 1 aliphatic rings. The van der Waals surface area contributed by atoms with Crippen molar-refractivity contribution in [1.29, 1.82) is 0 Å². The van der Waals surface area contributed by atoms with Crippen LogP contribution in [0.4, 0.5) is 13.2 Å². The van der Waals surface area contributed by atoms with Crippen molar-refractivity contribution in [3.05, 3.63) is 108 Å². The number of benzene rings is 3. The normalized spacial score (nSPS) is 14.2. The zero-order valence-corrected chi connectivity index (χ0v) is 18.7. The Morgan fingerprint density at radius 2 is 1.57 bits per heavy atom. The predicted molar refractivity (Wildman–Crippen MR) is 123 cm³/mol. The molecule has 35 heavy (non-hydrogen) atoms. The van der Waals surface area contributed by atoms with Gasteiger partial charge in [0, 0.05) is 31.0 Å². The van der Waals surface area contributed by atoms with E-state index >= 15 is 0 Å². The Morgan fingerprint density at radius 3 is 2.17 bits per heavy atom. The first-order chi connectivity index (χ1) is 16.9. The molecule has 0 radical (unpaired) electrons. The molecule has 0 bridgehead atoms. The van der Waals surface area contributed by atoms with Crippen molar-refractivity contribution in [1.82, 2.24) is 15.0 Å². The van der Waals surface area contributed by atoms with Gasteiger partial charge in [-0.05, 0) is 23.3 Å². The van der Waals surface area contributed by atoms with E-state index in [1.807, 2.05) is 60.7 Å². The van der Waals surface area contributed by atoms with Crippen LogP contribution < -0.4 is 0 Å². The molecule has 178 valence electrons. The molecule has 1 amide bonds. The molecule has 1 fully saturated rings. The largest absolute Gasteiger partial charge is 0.416 e. The summed E-state index contributed by atoms with van der Waals surface area (Å²) in [5, 5.41) is 3.85. The van der Waals surface area contributed by atoms with E-state index < -0.39 is 11.7 Å². The van der Waals surface area contributed by atoms with E-state index in [0.717, 1.165) is 23.3 Å². The van der Waals surface area contributed by atoms with Gasteiger partial charge in [-0.1, -0.05) is 78.0 Å². The van der Waals surface area contributed by atoms with Crippen molar-refractivity contribution in [2.45, 2.75) is 24.4 Å². The molecule has 0 spiro atoms. The summed E-state index contributed by atoms with van der Waals surface area (Å²) in [5.41, 5.74) is 1.61. The lowest BCUT2D eigenvalue weighted by molar-refractivity contribution is -0.137. The zero-order chi connectivity index (χ0) is 24.4. The maximum Gasteiger partial charge on any atom is 0.416 e. The Bertz CT molecular complexity index is 1260. The van der Waals surface area contributed by atoms with Crippen molar-refractivity contribution < 1.29 is 22.5 Å². The third kappa shape index (κ3) is 4.96. The molecule has 1 saturated heterocycles. The molecule has 0 aliphatic carbocycles. The van der Waals surface area contributed by atoms with Gasteiger partial charge in [0.15, 0.2) is 0 Å². The second-order valence-electron chi connectivity index (χ2n) is 8.61. The van der Waals surface area contributed by atoms with E-state index in [1.165, 1.54) is 12.1 Å². The lowest BCUT2D eigenvalue weighted by atomic mass is 9.87. The molecule has 8 heteroatoms. The maximum atomic E-state index is 13.1. The van der Waals surface area contributed by atoms with Crippen LogP contribution in [0, 0.1) is 0 Å². The van der Waals surface area contributed by atoms with Crippen molar-refractivity contribution in [3.63, 3.8) is 0 Å². The summed E-state index contributed by atoms with van der Waals surface area (Å²) in [6.07, 6.45) is -4.12. The Balaban J connectivity index is 1.25. The standard InChI is InChI=1S/C27H22F3N3O2/c28-27(29,30)22-13-7-12-20(14-22)25-31-26(35-32-25)21-16-33(17-21)24(34)15-23(18-8-3-1-4-9-18)19-10-5-2-6-11-19/h1-14,21,23H,15-17H2. The van der Waals surface area contributed by atoms with E-state index in [9.17, 15) is 18.0 Å². The Labute approximate surface area is 200 Å². The van der Waals surface area contributed by atoms with Gasteiger partial charge in [0.25, 0.3) is 0 Å². The quantitative estimate of drug-likeness (QED) is 0.347. The fraction of sp³-hybridized carbons (Fsp3) is 0.222. The van der Waals surface area contributed by atoms with Gasteiger partial charge in [-0.25, -0.2) is 0 Å². The molecule has 0 unspecified atom stereocenters. The summed E-state index contributed by atoms with van der Waals surface area (Å²) in [7, 11) is 0. The zero-order valence-electron chi connectivity index (χ0n) is 18.7. The number of alkyl halides is 3. The number of carbonyl (C=O) groups is 1. The Hall–Kier alpha value is -3.94. The molecular weight excluding hydrogens is 455 g/mol. The van der Waals surface area contributed by atoms with Gasteiger partial charge in [0.1, 0.15) is 0 Å². The number of hydrogen-bond donors (Lipinski definition) is 0. The summed E-state index contributed by atoms with van der Waals surface area (Å²) in [4.78, 5) is 19.1. The van der Waals surface area contributed by atoms with Crippen LogP contribution in [-0.2, 0) is 11.0 Å². The maximum absolute atomic E-state index is 13.1. The average Bonchev–Trinajstić information content (AvgIpc) is 3.32. The molecule has 1 aliphatic heterocycles. The molecule has 0 saturated carbocycles. The number of nitrogens with zero attached hydrogens (tertiary/aromatic N) is 3. The number of rotatable bonds is 6. The molecule has 3 aromatic carbocycles. The topological polar surface area (TPSA) is 59.2 Å². The fourth-order valence-corrected chi connectivity index (χ4v) is 4.29. The number of carbonyl (C=O) groups excluding carboxylic acids is 1. The highest BCUT2D eigenvalue weighted by Crippen LogP contribution is 2.34.